The minimum absolute atomic E-state index is 0.0782. The third-order valence-electron chi connectivity index (χ3n) is 3.48. The number of ether oxygens (including phenoxy) is 1. The Morgan fingerprint density at radius 1 is 1.28 bits per heavy atom. The third kappa shape index (κ3) is 3.81. The average molecular weight is 340 g/mol. The Labute approximate surface area is 143 Å². The van der Waals surface area contributed by atoms with E-state index in [1.165, 1.54) is 13.2 Å². The Hall–Kier alpha value is -3.26. The van der Waals surface area contributed by atoms with Crippen molar-refractivity contribution in [3.05, 3.63) is 64.0 Å². The van der Waals surface area contributed by atoms with Crippen molar-refractivity contribution >= 4 is 17.1 Å². The van der Waals surface area contributed by atoms with E-state index in [4.69, 9.17) is 9.26 Å². The first-order chi connectivity index (χ1) is 12.1. The molecule has 1 heterocycles. The maximum absolute atomic E-state index is 11.4. The SMILES string of the molecule is COCc1noc(-c2ccc(Nc3cccc(C)c3)c([N+](=O)[O-])c2)n1. The number of anilines is 2. The third-order valence-corrected chi connectivity index (χ3v) is 3.48. The largest absolute Gasteiger partial charge is 0.377 e. The molecule has 0 bridgehead atoms. The predicted molar refractivity (Wildman–Crippen MR) is 91.6 cm³/mol. The summed E-state index contributed by atoms with van der Waals surface area (Å²) in [6, 6.07) is 12.3. The van der Waals surface area contributed by atoms with E-state index in [0.29, 0.717) is 17.1 Å². The number of nitrogens with zero attached hydrogens (tertiary/aromatic N) is 3. The highest BCUT2D eigenvalue weighted by Crippen LogP contribution is 2.32. The molecule has 25 heavy (non-hydrogen) atoms. The molecule has 1 N–H and O–H groups in total. The molecule has 128 valence electrons. The first-order valence-corrected chi connectivity index (χ1v) is 7.51. The lowest BCUT2D eigenvalue weighted by Gasteiger charge is -2.08. The molecule has 0 aliphatic heterocycles. The molecule has 0 spiro atoms. The van der Waals surface area contributed by atoms with Crippen molar-refractivity contribution in [1.82, 2.24) is 10.1 Å². The predicted octanol–water partition coefficient (Wildman–Crippen LogP) is 3.84. The molecule has 0 aliphatic carbocycles. The van der Waals surface area contributed by atoms with Gasteiger partial charge in [-0.25, -0.2) is 0 Å². The molecule has 8 heteroatoms. The second kappa shape index (κ2) is 7.10. The zero-order valence-corrected chi connectivity index (χ0v) is 13.7. The molecule has 0 amide bonds. The van der Waals surface area contributed by atoms with Crippen LogP contribution < -0.4 is 5.32 Å². The second-order valence-electron chi connectivity index (χ2n) is 5.43. The number of rotatable bonds is 6. The van der Waals surface area contributed by atoms with Crippen molar-refractivity contribution in [3.8, 4) is 11.5 Å². The van der Waals surface area contributed by atoms with Crippen LogP contribution in [0.4, 0.5) is 17.1 Å². The van der Waals surface area contributed by atoms with Crippen LogP contribution in [0.3, 0.4) is 0 Å². The van der Waals surface area contributed by atoms with Gasteiger partial charge in [0.05, 0.1) is 4.92 Å². The summed E-state index contributed by atoms with van der Waals surface area (Å²) < 4.78 is 10.1. The van der Waals surface area contributed by atoms with Gasteiger partial charge in [-0.1, -0.05) is 17.3 Å². The Morgan fingerprint density at radius 2 is 2.12 bits per heavy atom. The number of aryl methyl sites for hydroxylation is 1. The van der Waals surface area contributed by atoms with Crippen LogP contribution in [0.15, 0.2) is 47.0 Å². The van der Waals surface area contributed by atoms with E-state index in [9.17, 15) is 10.1 Å². The van der Waals surface area contributed by atoms with Crippen LogP contribution in [0.25, 0.3) is 11.5 Å². The lowest BCUT2D eigenvalue weighted by atomic mass is 10.1. The summed E-state index contributed by atoms with van der Waals surface area (Å²) in [7, 11) is 1.52. The van der Waals surface area contributed by atoms with E-state index in [-0.39, 0.29) is 18.2 Å². The number of nitro benzene ring substituents is 1. The number of nitro groups is 1. The maximum Gasteiger partial charge on any atom is 0.293 e. The molecule has 0 unspecified atom stereocenters. The van der Waals surface area contributed by atoms with Gasteiger partial charge in [-0.05, 0) is 36.8 Å². The fraction of sp³-hybridized carbons (Fsp3) is 0.176. The van der Waals surface area contributed by atoms with Gasteiger partial charge in [0.15, 0.2) is 5.82 Å². The zero-order chi connectivity index (χ0) is 17.8. The van der Waals surface area contributed by atoms with E-state index in [1.807, 2.05) is 31.2 Å². The Kier molecular flexibility index (Phi) is 4.71. The minimum Gasteiger partial charge on any atom is -0.377 e. The summed E-state index contributed by atoms with van der Waals surface area (Å²) in [4.78, 5) is 15.1. The second-order valence-corrected chi connectivity index (χ2v) is 5.43. The molecule has 3 rings (SSSR count). The number of hydrogen-bond acceptors (Lipinski definition) is 7. The van der Waals surface area contributed by atoms with Crippen molar-refractivity contribution in [2.24, 2.45) is 0 Å². The lowest BCUT2D eigenvalue weighted by molar-refractivity contribution is -0.383. The highest BCUT2D eigenvalue weighted by atomic mass is 16.6. The van der Waals surface area contributed by atoms with Crippen molar-refractivity contribution in [3.63, 3.8) is 0 Å². The van der Waals surface area contributed by atoms with Crippen LogP contribution in [-0.2, 0) is 11.3 Å². The molecule has 0 saturated heterocycles. The van der Waals surface area contributed by atoms with Gasteiger partial charge >= 0.3 is 0 Å². The quantitative estimate of drug-likeness (QED) is 0.537. The molecule has 0 fully saturated rings. The van der Waals surface area contributed by atoms with E-state index >= 15 is 0 Å². The molecule has 1 aromatic heterocycles. The van der Waals surface area contributed by atoms with Crippen LogP contribution in [0.1, 0.15) is 11.4 Å². The molecule has 0 radical (unpaired) electrons. The summed E-state index contributed by atoms with van der Waals surface area (Å²) in [6.45, 7) is 2.16. The minimum atomic E-state index is -0.450. The smallest absolute Gasteiger partial charge is 0.293 e. The number of methoxy groups -OCH3 is 1. The highest BCUT2D eigenvalue weighted by molar-refractivity contribution is 5.74. The molecule has 8 nitrogen and oxygen atoms in total. The molecule has 0 atom stereocenters. The van der Waals surface area contributed by atoms with Gasteiger partial charge < -0.3 is 14.6 Å². The summed E-state index contributed by atoms with van der Waals surface area (Å²) in [6.07, 6.45) is 0. The van der Waals surface area contributed by atoms with Crippen molar-refractivity contribution in [2.75, 3.05) is 12.4 Å². The number of aromatic nitrogens is 2. The first kappa shape index (κ1) is 16.6. The summed E-state index contributed by atoms with van der Waals surface area (Å²) in [5.41, 5.74) is 2.61. The lowest BCUT2D eigenvalue weighted by Crippen LogP contribution is -1.98. The number of hydrogen-bond donors (Lipinski definition) is 1. The van der Waals surface area contributed by atoms with Gasteiger partial charge in [-0.2, -0.15) is 4.98 Å². The van der Waals surface area contributed by atoms with Gasteiger partial charge in [0.2, 0.25) is 0 Å². The van der Waals surface area contributed by atoms with E-state index in [0.717, 1.165) is 11.3 Å². The van der Waals surface area contributed by atoms with Gasteiger partial charge in [-0.3, -0.25) is 10.1 Å². The average Bonchev–Trinajstić information content (AvgIpc) is 3.04. The molecule has 0 saturated carbocycles. The maximum atomic E-state index is 11.4. The topological polar surface area (TPSA) is 103 Å². The van der Waals surface area contributed by atoms with Gasteiger partial charge in [-0.15, -0.1) is 0 Å². The van der Waals surface area contributed by atoms with Crippen LogP contribution in [0, 0.1) is 17.0 Å². The van der Waals surface area contributed by atoms with Crippen LogP contribution >= 0.6 is 0 Å². The Bertz CT molecular complexity index is 907. The van der Waals surface area contributed by atoms with Crippen molar-refractivity contribution < 1.29 is 14.2 Å². The molecule has 3 aromatic rings. The normalized spacial score (nSPS) is 10.6. The van der Waals surface area contributed by atoms with Crippen LogP contribution in [-0.4, -0.2) is 22.2 Å². The Morgan fingerprint density at radius 3 is 2.84 bits per heavy atom. The Balaban J connectivity index is 1.93. The molecule has 0 aliphatic rings. The monoisotopic (exact) mass is 340 g/mol. The zero-order valence-electron chi connectivity index (χ0n) is 13.7. The van der Waals surface area contributed by atoms with Crippen LogP contribution in [0.5, 0.6) is 0 Å². The van der Waals surface area contributed by atoms with Gasteiger partial charge in [0.25, 0.3) is 11.6 Å². The fourth-order valence-corrected chi connectivity index (χ4v) is 2.36. The summed E-state index contributed by atoms with van der Waals surface area (Å²) in [5, 5.41) is 18.3. The molecular weight excluding hydrogens is 324 g/mol. The van der Waals surface area contributed by atoms with Crippen molar-refractivity contribution in [2.45, 2.75) is 13.5 Å². The van der Waals surface area contributed by atoms with Gasteiger partial charge in [0, 0.05) is 24.4 Å². The molecule has 2 aromatic carbocycles. The summed E-state index contributed by atoms with van der Waals surface area (Å²) in [5.74, 6) is 0.583. The standard InChI is InChI=1S/C17H16N4O4/c1-11-4-3-5-13(8-11)18-14-7-6-12(9-15(14)21(22)23)17-19-16(10-24-2)20-25-17/h3-9,18H,10H2,1-2H3. The first-order valence-electron chi connectivity index (χ1n) is 7.51. The van der Waals surface area contributed by atoms with E-state index in [2.05, 4.69) is 15.5 Å². The van der Waals surface area contributed by atoms with Gasteiger partial charge in [0.1, 0.15) is 12.3 Å². The number of benzene rings is 2. The number of nitrogens with one attached hydrogen (secondary N) is 1. The molecular formula is C17H16N4O4. The highest BCUT2D eigenvalue weighted by Gasteiger charge is 2.18. The van der Waals surface area contributed by atoms with Crippen molar-refractivity contribution in [1.29, 1.82) is 0 Å². The van der Waals surface area contributed by atoms with E-state index < -0.39 is 4.92 Å². The van der Waals surface area contributed by atoms with E-state index in [1.54, 1.807) is 12.1 Å². The fourth-order valence-electron chi connectivity index (χ4n) is 2.36. The summed E-state index contributed by atoms with van der Waals surface area (Å²) >= 11 is 0. The van der Waals surface area contributed by atoms with Crippen LogP contribution in [0.2, 0.25) is 0 Å².